The smallest absolute Gasteiger partial charge is 0.327 e. The number of aliphatic carboxylic acids is 1. The number of hydrogen-bond donors (Lipinski definition) is 2. The standard InChI is InChI=1S/C24H23ClN2O5S2/c1-8(2)17(23(30)31)27-21(28)15-11-7-12(16(15)22(27)29)18-14(11)13(9-3-5-10(25)6-4-9)19-20(33-18)26-24(32)34-19/h3-6,8,11-18H,7H2,1-2H3,(H,26,32)(H,30,31)/t11-,12+,13+,14+,15+,16+,17+,18-/m1/s1. The van der Waals surface area contributed by atoms with Gasteiger partial charge in [-0.3, -0.25) is 19.3 Å². The van der Waals surface area contributed by atoms with Gasteiger partial charge in [0.15, 0.2) is 0 Å². The minimum absolute atomic E-state index is 0.0283. The molecule has 1 aromatic carbocycles. The van der Waals surface area contributed by atoms with Crippen molar-refractivity contribution >= 4 is 52.5 Å². The highest BCUT2D eigenvalue weighted by Gasteiger charge is 2.70. The van der Waals surface area contributed by atoms with E-state index in [1.165, 1.54) is 11.3 Å². The second kappa shape index (κ2) is 7.70. The van der Waals surface area contributed by atoms with Crippen molar-refractivity contribution in [1.82, 2.24) is 9.88 Å². The number of nitrogens with one attached hydrogen (secondary N) is 1. The Morgan fingerprint density at radius 1 is 1.12 bits per heavy atom. The summed E-state index contributed by atoms with van der Waals surface area (Å²) in [5, 5.41) is 11.3. The van der Waals surface area contributed by atoms with Crippen molar-refractivity contribution < 1.29 is 19.5 Å². The first-order chi connectivity index (χ1) is 16.2. The number of benzene rings is 1. The Hall–Kier alpha value is -2.10. The third-order valence-corrected chi connectivity index (χ3v) is 11.0. The van der Waals surface area contributed by atoms with Crippen LogP contribution in [0.3, 0.4) is 0 Å². The lowest BCUT2D eigenvalue weighted by atomic mass is 9.68. The van der Waals surface area contributed by atoms with Crippen molar-refractivity contribution in [3.8, 4) is 0 Å². The molecule has 1 aromatic heterocycles. The quantitative estimate of drug-likeness (QED) is 0.598. The molecule has 0 radical (unpaired) electrons. The van der Waals surface area contributed by atoms with Gasteiger partial charge < -0.3 is 10.1 Å². The topological polar surface area (TPSA) is 108 Å². The normalized spacial score (nSPS) is 34.4. The van der Waals surface area contributed by atoms with Gasteiger partial charge in [-0.15, -0.1) is 11.8 Å². The number of aromatic amines is 1. The number of carbonyl (C=O) groups excluding carboxylic acids is 2. The predicted molar refractivity (Wildman–Crippen MR) is 128 cm³/mol. The number of carboxylic acid groups (broad SMARTS) is 1. The van der Waals surface area contributed by atoms with Gasteiger partial charge in [-0.05, 0) is 47.8 Å². The molecule has 2 amide bonds. The summed E-state index contributed by atoms with van der Waals surface area (Å²) in [6.45, 7) is 3.45. The Bertz CT molecular complexity index is 1270. The molecule has 34 heavy (non-hydrogen) atoms. The Balaban J connectivity index is 1.44. The van der Waals surface area contributed by atoms with Gasteiger partial charge in [-0.2, -0.15) is 0 Å². The molecule has 2 aromatic rings. The van der Waals surface area contributed by atoms with Crippen LogP contribution in [0.25, 0.3) is 0 Å². The molecular weight excluding hydrogens is 496 g/mol. The van der Waals surface area contributed by atoms with Gasteiger partial charge >= 0.3 is 10.8 Å². The molecule has 2 saturated carbocycles. The van der Waals surface area contributed by atoms with Gasteiger partial charge in [0.05, 0.1) is 16.9 Å². The van der Waals surface area contributed by atoms with Crippen LogP contribution in [0.4, 0.5) is 0 Å². The fourth-order valence-corrected chi connectivity index (χ4v) is 10.1. The molecule has 8 atom stereocenters. The number of hydrogen-bond acceptors (Lipinski definition) is 6. The zero-order valence-corrected chi connectivity index (χ0v) is 20.8. The van der Waals surface area contributed by atoms with Crippen LogP contribution in [0.15, 0.2) is 34.1 Å². The van der Waals surface area contributed by atoms with Crippen LogP contribution in [-0.2, 0) is 14.4 Å². The summed E-state index contributed by atoms with van der Waals surface area (Å²) < 4.78 is 0. The maximum absolute atomic E-state index is 13.6. The molecule has 1 saturated heterocycles. The predicted octanol–water partition coefficient (Wildman–Crippen LogP) is 3.67. The summed E-state index contributed by atoms with van der Waals surface area (Å²) in [7, 11) is 0. The van der Waals surface area contributed by atoms with Gasteiger partial charge in [0, 0.05) is 21.1 Å². The number of imide groups is 1. The summed E-state index contributed by atoms with van der Waals surface area (Å²) in [6.07, 6.45) is 0.770. The average Bonchev–Trinajstić information content (AvgIpc) is 3.49. The molecule has 6 rings (SSSR count). The SMILES string of the molecule is CC(C)[C@@H](C(=O)O)N1C(=O)[C@H]2[C@@H]3C[C@@H]([C@@H]2C1=O)[C@H]1[C@H](c2ccc(Cl)cc2)c2sc(=O)[nH]c2S[C@H]31. The number of rotatable bonds is 4. The zero-order chi connectivity index (χ0) is 24.0. The first-order valence-corrected chi connectivity index (χ1v) is 13.5. The summed E-state index contributed by atoms with van der Waals surface area (Å²) in [4.78, 5) is 56.3. The van der Waals surface area contributed by atoms with E-state index < -0.39 is 23.8 Å². The van der Waals surface area contributed by atoms with Crippen LogP contribution in [0.1, 0.15) is 36.6 Å². The molecule has 4 aliphatic rings. The molecule has 2 N–H and O–H groups in total. The van der Waals surface area contributed by atoms with Gasteiger partial charge in [-0.25, -0.2) is 4.79 Å². The van der Waals surface area contributed by atoms with Crippen LogP contribution >= 0.6 is 34.7 Å². The largest absolute Gasteiger partial charge is 0.480 e. The van der Waals surface area contributed by atoms with E-state index in [0.717, 1.165) is 26.8 Å². The molecule has 3 fully saturated rings. The Kier molecular flexibility index (Phi) is 5.07. The van der Waals surface area contributed by atoms with Crippen molar-refractivity contribution in [2.45, 2.75) is 42.5 Å². The number of likely N-dealkylation sites (tertiary alicyclic amines) is 1. The molecule has 0 unspecified atom stereocenters. The van der Waals surface area contributed by atoms with Crippen molar-refractivity contribution in [2.75, 3.05) is 0 Å². The second-order valence-electron chi connectivity index (χ2n) is 10.1. The van der Waals surface area contributed by atoms with Crippen LogP contribution < -0.4 is 4.87 Å². The number of fused-ring (bicyclic) bond motifs is 9. The first-order valence-electron chi connectivity index (χ1n) is 11.4. The lowest BCUT2D eigenvalue weighted by molar-refractivity contribution is -0.157. The lowest BCUT2D eigenvalue weighted by Crippen LogP contribution is -2.49. The van der Waals surface area contributed by atoms with Gasteiger partial charge in [0.1, 0.15) is 6.04 Å². The van der Waals surface area contributed by atoms with Gasteiger partial charge in [0.2, 0.25) is 11.8 Å². The number of carbonyl (C=O) groups is 3. The van der Waals surface area contributed by atoms with E-state index in [0.29, 0.717) is 5.02 Å². The fourth-order valence-electron chi connectivity index (χ4n) is 7.05. The molecular formula is C24H23ClN2O5S2. The molecule has 0 spiro atoms. The third-order valence-electron chi connectivity index (χ3n) is 8.15. The molecule has 3 heterocycles. The molecule has 178 valence electrons. The molecule has 2 aliphatic heterocycles. The monoisotopic (exact) mass is 518 g/mol. The van der Waals surface area contributed by atoms with Crippen molar-refractivity contribution in [3.63, 3.8) is 0 Å². The number of H-pyrrole nitrogens is 1. The van der Waals surface area contributed by atoms with E-state index >= 15 is 0 Å². The second-order valence-corrected chi connectivity index (χ2v) is 12.7. The number of amides is 2. The number of thiazole rings is 1. The number of thioether (sulfide) groups is 1. The number of aromatic nitrogens is 1. The number of nitrogens with zero attached hydrogens (tertiary/aromatic N) is 1. The van der Waals surface area contributed by atoms with E-state index in [2.05, 4.69) is 4.98 Å². The maximum Gasteiger partial charge on any atom is 0.327 e. The Labute approximate surface area is 208 Å². The van der Waals surface area contributed by atoms with Crippen molar-refractivity contribution in [1.29, 1.82) is 0 Å². The summed E-state index contributed by atoms with van der Waals surface area (Å²) in [5.74, 6) is -3.24. The number of halogens is 1. The molecule has 2 aliphatic carbocycles. The van der Waals surface area contributed by atoms with E-state index in [1.807, 2.05) is 24.3 Å². The molecule has 7 nitrogen and oxygen atoms in total. The highest BCUT2D eigenvalue weighted by Crippen LogP contribution is 2.68. The average molecular weight is 519 g/mol. The van der Waals surface area contributed by atoms with Gasteiger partial charge in [-0.1, -0.05) is 48.9 Å². The van der Waals surface area contributed by atoms with Crippen LogP contribution in [0, 0.1) is 35.5 Å². The lowest BCUT2D eigenvalue weighted by Gasteiger charge is -2.43. The van der Waals surface area contributed by atoms with Crippen molar-refractivity contribution in [2.24, 2.45) is 35.5 Å². The summed E-state index contributed by atoms with van der Waals surface area (Å²) in [5.41, 5.74) is 1.04. The fraction of sp³-hybridized carbons (Fsp3) is 0.500. The highest BCUT2D eigenvalue weighted by molar-refractivity contribution is 8.00. The van der Waals surface area contributed by atoms with E-state index in [1.54, 1.807) is 25.6 Å². The number of carboxylic acids is 1. The van der Waals surface area contributed by atoms with E-state index in [9.17, 15) is 24.3 Å². The molecule has 2 bridgehead atoms. The van der Waals surface area contributed by atoms with E-state index in [-0.39, 0.29) is 51.5 Å². The highest BCUT2D eigenvalue weighted by atomic mass is 35.5. The minimum Gasteiger partial charge on any atom is -0.480 e. The zero-order valence-electron chi connectivity index (χ0n) is 18.4. The van der Waals surface area contributed by atoms with Crippen LogP contribution in [0.5, 0.6) is 0 Å². The summed E-state index contributed by atoms with van der Waals surface area (Å²) >= 11 is 8.97. The van der Waals surface area contributed by atoms with Crippen LogP contribution in [-0.4, -0.2) is 44.1 Å². The van der Waals surface area contributed by atoms with Crippen LogP contribution in [0.2, 0.25) is 5.02 Å². The third kappa shape index (κ3) is 2.96. The Morgan fingerprint density at radius 3 is 2.38 bits per heavy atom. The molecule has 10 heteroatoms. The Morgan fingerprint density at radius 2 is 1.76 bits per heavy atom. The summed E-state index contributed by atoms with van der Waals surface area (Å²) in [6, 6.07) is 6.48. The maximum atomic E-state index is 13.6. The minimum atomic E-state index is -1.15. The van der Waals surface area contributed by atoms with Crippen molar-refractivity contribution in [3.05, 3.63) is 49.4 Å². The first kappa shape index (κ1) is 22.4. The van der Waals surface area contributed by atoms with E-state index in [4.69, 9.17) is 11.6 Å². The van der Waals surface area contributed by atoms with Gasteiger partial charge in [0.25, 0.3) is 0 Å².